The van der Waals surface area contributed by atoms with E-state index in [4.69, 9.17) is 9.84 Å². The first-order chi connectivity index (χ1) is 15.4. The molecule has 1 unspecified atom stereocenters. The molecule has 4 heteroatoms. The molecule has 1 aromatic carbocycles. The Balaban J connectivity index is 1.85. The van der Waals surface area contributed by atoms with Crippen LogP contribution in [0.4, 0.5) is 0 Å². The second kappa shape index (κ2) is 11.6. The lowest BCUT2D eigenvalue weighted by Gasteiger charge is -2.38. The number of hydrogen-bond donors (Lipinski definition) is 2. The standard InChI is InChI=1S/C29H42O4/c1-19(13-9-15-21(3)28(31)32)11-8-12-20(2)14-10-17-29(7)18-16-25-24(6)26(30)22(4)23(5)27(25)33-29/h11,14-15,30H,8-10,12-13,16-18H2,1-7H3,(H,31,32). The fraction of sp³-hybridized carbons (Fsp3) is 0.552. The molecule has 0 saturated carbocycles. The van der Waals surface area contributed by atoms with Gasteiger partial charge in [-0.3, -0.25) is 0 Å². The third-order valence-electron chi connectivity index (χ3n) is 7.12. The van der Waals surface area contributed by atoms with Crippen molar-refractivity contribution in [3.05, 3.63) is 57.2 Å². The van der Waals surface area contributed by atoms with E-state index in [0.717, 1.165) is 79.4 Å². The lowest BCUT2D eigenvalue weighted by molar-refractivity contribution is -0.132. The van der Waals surface area contributed by atoms with Gasteiger partial charge in [-0.1, -0.05) is 29.4 Å². The van der Waals surface area contributed by atoms with Gasteiger partial charge in [-0.05, 0) is 117 Å². The van der Waals surface area contributed by atoms with E-state index in [1.54, 1.807) is 13.0 Å². The van der Waals surface area contributed by atoms with Crippen LogP contribution in [0.25, 0.3) is 0 Å². The summed E-state index contributed by atoms with van der Waals surface area (Å²) in [5.74, 6) is 0.549. The molecule has 0 spiro atoms. The number of aliphatic carboxylic acids is 1. The van der Waals surface area contributed by atoms with E-state index in [2.05, 4.69) is 32.9 Å². The van der Waals surface area contributed by atoms with Gasteiger partial charge < -0.3 is 14.9 Å². The van der Waals surface area contributed by atoms with Gasteiger partial charge in [0.15, 0.2) is 0 Å². The molecule has 1 heterocycles. The van der Waals surface area contributed by atoms with Crippen molar-refractivity contribution in [1.29, 1.82) is 0 Å². The van der Waals surface area contributed by atoms with Crippen molar-refractivity contribution in [2.45, 2.75) is 105 Å². The first kappa shape index (κ1) is 26.8. The Hall–Kier alpha value is -2.49. The van der Waals surface area contributed by atoms with Crippen molar-refractivity contribution in [2.24, 2.45) is 0 Å². The fourth-order valence-electron chi connectivity index (χ4n) is 4.45. The molecular formula is C29H42O4. The van der Waals surface area contributed by atoms with Crippen LogP contribution in [-0.4, -0.2) is 21.8 Å². The molecular weight excluding hydrogens is 412 g/mol. The number of aromatic hydroxyl groups is 1. The third kappa shape index (κ3) is 7.25. The summed E-state index contributed by atoms with van der Waals surface area (Å²) in [6.45, 7) is 14.2. The SMILES string of the molecule is CC(=CCCC(C)=CCCC1(C)CCc2c(C)c(O)c(C)c(C)c2O1)CCC=C(C)C(=O)O. The van der Waals surface area contributed by atoms with Gasteiger partial charge in [-0.2, -0.15) is 0 Å². The van der Waals surface area contributed by atoms with Gasteiger partial charge in [0, 0.05) is 11.1 Å². The highest BCUT2D eigenvalue weighted by atomic mass is 16.5. The van der Waals surface area contributed by atoms with Crippen LogP contribution in [0.1, 0.15) is 94.9 Å². The maximum absolute atomic E-state index is 10.8. The van der Waals surface area contributed by atoms with E-state index in [1.807, 2.05) is 20.8 Å². The molecule has 0 amide bonds. The van der Waals surface area contributed by atoms with Crippen molar-refractivity contribution < 1.29 is 19.7 Å². The van der Waals surface area contributed by atoms with E-state index in [1.165, 1.54) is 11.1 Å². The van der Waals surface area contributed by atoms with Crippen LogP contribution in [0.3, 0.4) is 0 Å². The van der Waals surface area contributed by atoms with Gasteiger partial charge in [-0.25, -0.2) is 4.79 Å². The molecule has 0 fully saturated rings. The lowest BCUT2D eigenvalue weighted by atomic mass is 9.85. The monoisotopic (exact) mass is 454 g/mol. The zero-order valence-electron chi connectivity index (χ0n) is 21.6. The van der Waals surface area contributed by atoms with E-state index in [-0.39, 0.29) is 5.60 Å². The lowest BCUT2D eigenvalue weighted by Crippen LogP contribution is -2.37. The van der Waals surface area contributed by atoms with Crippen LogP contribution < -0.4 is 4.74 Å². The van der Waals surface area contributed by atoms with Gasteiger partial charge in [0.2, 0.25) is 0 Å². The van der Waals surface area contributed by atoms with E-state index >= 15 is 0 Å². The molecule has 1 aliphatic rings. The molecule has 1 aliphatic heterocycles. The second-order valence-electron chi connectivity index (χ2n) is 9.99. The van der Waals surface area contributed by atoms with E-state index in [0.29, 0.717) is 11.3 Å². The zero-order valence-corrected chi connectivity index (χ0v) is 21.6. The number of carbonyl (C=O) groups is 1. The first-order valence-electron chi connectivity index (χ1n) is 12.2. The summed E-state index contributed by atoms with van der Waals surface area (Å²) in [7, 11) is 0. The molecule has 1 aromatic rings. The van der Waals surface area contributed by atoms with Crippen LogP contribution in [0.2, 0.25) is 0 Å². The van der Waals surface area contributed by atoms with Gasteiger partial charge in [0.25, 0.3) is 0 Å². The van der Waals surface area contributed by atoms with Crippen LogP contribution in [-0.2, 0) is 11.2 Å². The summed E-state index contributed by atoms with van der Waals surface area (Å²) < 4.78 is 6.54. The highest BCUT2D eigenvalue weighted by Gasteiger charge is 2.33. The minimum Gasteiger partial charge on any atom is -0.507 e. The Kier molecular flexibility index (Phi) is 9.39. The zero-order chi connectivity index (χ0) is 24.8. The number of ether oxygens (including phenoxy) is 1. The molecule has 0 aliphatic carbocycles. The number of rotatable bonds is 10. The Bertz CT molecular complexity index is 965. The van der Waals surface area contributed by atoms with Crippen LogP contribution >= 0.6 is 0 Å². The Morgan fingerprint density at radius 3 is 2.12 bits per heavy atom. The number of allylic oxidation sites excluding steroid dienone is 5. The second-order valence-corrected chi connectivity index (χ2v) is 9.99. The number of fused-ring (bicyclic) bond motifs is 1. The fourth-order valence-corrected chi connectivity index (χ4v) is 4.45. The summed E-state index contributed by atoms with van der Waals surface area (Å²) in [5.41, 5.74) is 7.04. The number of phenols is 1. The first-order valence-corrected chi connectivity index (χ1v) is 12.2. The average molecular weight is 455 g/mol. The Morgan fingerprint density at radius 1 is 0.939 bits per heavy atom. The molecule has 0 bridgehead atoms. The maximum atomic E-state index is 10.8. The van der Waals surface area contributed by atoms with Crippen molar-refractivity contribution >= 4 is 5.97 Å². The van der Waals surface area contributed by atoms with Gasteiger partial charge in [0.1, 0.15) is 17.1 Å². The number of carboxylic acid groups (broad SMARTS) is 1. The highest BCUT2D eigenvalue weighted by Crippen LogP contribution is 2.44. The van der Waals surface area contributed by atoms with Crippen molar-refractivity contribution in [3.8, 4) is 11.5 Å². The van der Waals surface area contributed by atoms with E-state index < -0.39 is 5.97 Å². The smallest absolute Gasteiger partial charge is 0.330 e. The summed E-state index contributed by atoms with van der Waals surface area (Å²) in [6.07, 6.45) is 14.0. The normalized spacial score (nSPS) is 19.3. The molecule has 2 rings (SSSR count). The minimum absolute atomic E-state index is 0.178. The number of carboxylic acids is 1. The third-order valence-corrected chi connectivity index (χ3v) is 7.12. The van der Waals surface area contributed by atoms with Gasteiger partial charge in [-0.15, -0.1) is 0 Å². The van der Waals surface area contributed by atoms with Gasteiger partial charge >= 0.3 is 5.97 Å². The molecule has 1 atom stereocenters. The van der Waals surface area contributed by atoms with Crippen LogP contribution in [0.5, 0.6) is 11.5 Å². The van der Waals surface area contributed by atoms with Gasteiger partial charge in [0.05, 0.1) is 0 Å². The minimum atomic E-state index is -0.839. The molecule has 0 radical (unpaired) electrons. The molecule has 0 saturated heterocycles. The van der Waals surface area contributed by atoms with Crippen LogP contribution in [0.15, 0.2) is 34.9 Å². The highest BCUT2D eigenvalue weighted by molar-refractivity contribution is 5.85. The Morgan fingerprint density at radius 2 is 1.52 bits per heavy atom. The summed E-state index contributed by atoms with van der Waals surface area (Å²) in [5, 5.41) is 19.3. The molecule has 2 N–H and O–H groups in total. The summed E-state index contributed by atoms with van der Waals surface area (Å²) >= 11 is 0. The van der Waals surface area contributed by atoms with Crippen LogP contribution in [0, 0.1) is 20.8 Å². The molecule has 182 valence electrons. The number of hydrogen-bond acceptors (Lipinski definition) is 3. The van der Waals surface area contributed by atoms with Crippen molar-refractivity contribution in [3.63, 3.8) is 0 Å². The van der Waals surface area contributed by atoms with E-state index in [9.17, 15) is 9.90 Å². The molecule has 0 aromatic heterocycles. The molecule has 33 heavy (non-hydrogen) atoms. The molecule has 4 nitrogen and oxygen atoms in total. The Labute approximate surface area is 200 Å². The quantitative estimate of drug-likeness (QED) is 0.281. The largest absolute Gasteiger partial charge is 0.507 e. The average Bonchev–Trinajstić information content (AvgIpc) is 2.76. The summed E-state index contributed by atoms with van der Waals surface area (Å²) in [4.78, 5) is 10.8. The topological polar surface area (TPSA) is 66.8 Å². The maximum Gasteiger partial charge on any atom is 0.330 e. The van der Waals surface area contributed by atoms with Crippen molar-refractivity contribution in [1.82, 2.24) is 0 Å². The number of benzene rings is 1. The number of phenolic OH excluding ortho intramolecular Hbond substituents is 1. The predicted molar refractivity (Wildman–Crippen MR) is 136 cm³/mol. The predicted octanol–water partition coefficient (Wildman–Crippen LogP) is 7.67. The van der Waals surface area contributed by atoms with Crippen molar-refractivity contribution in [2.75, 3.05) is 0 Å². The summed E-state index contributed by atoms with van der Waals surface area (Å²) in [6, 6.07) is 0.